The standard InChI is InChI=1S/C31H45N3O6.C26H37N3O4/c1-8-16-39-27-18-21(12-13-25(27)34(37)38)17-24(33-28(36)40-30(5,6)7)26(35)20-32-31(14-15-31)23-11-9-10-22(19-23)29(2,3)4;1-5-13-33-24-15-18(9-10-22(24)29(31)32)14-21(27)23(30)17-28-26(11-12-26)20-8-6-7-19(16-20)25(2,3)4/h9-13,18-19,24,26,32,35H,8,14-17,20H2,1-7H3,(H,33,36);6-10,15-16,21,23,28,30H,5,11-14,17,27H2,1-4H3/t24-,26+;21-,23+/m00/s1. The van der Waals surface area contributed by atoms with Crippen molar-refractivity contribution in [1.29, 1.82) is 0 Å². The molecule has 4 aromatic carbocycles. The second-order valence-electron chi connectivity index (χ2n) is 22.9. The molecule has 0 aromatic heterocycles. The average molecular weight is 1010 g/mol. The third-order valence-electron chi connectivity index (χ3n) is 13.3. The first-order chi connectivity index (χ1) is 34.2. The number of hydrogen-bond donors (Lipinski definition) is 6. The van der Waals surface area contributed by atoms with Gasteiger partial charge in [-0.15, -0.1) is 0 Å². The third kappa shape index (κ3) is 16.9. The first kappa shape index (κ1) is 58.2. The zero-order valence-electron chi connectivity index (χ0n) is 45.0. The number of nitrogens with two attached hydrogens (primary N) is 1. The Kier molecular flexibility index (Phi) is 19.6. The van der Waals surface area contributed by atoms with E-state index in [-0.39, 0.29) is 57.7 Å². The zero-order chi connectivity index (χ0) is 53.9. The van der Waals surface area contributed by atoms with Gasteiger partial charge in [0.2, 0.25) is 0 Å². The summed E-state index contributed by atoms with van der Waals surface area (Å²) in [5.41, 5.74) is 11.7. The van der Waals surface area contributed by atoms with Crippen molar-refractivity contribution in [3.63, 3.8) is 0 Å². The normalized spacial score (nSPS) is 16.4. The van der Waals surface area contributed by atoms with Gasteiger partial charge in [0, 0.05) is 42.3 Å². The Morgan fingerprint density at radius 2 is 1.08 bits per heavy atom. The predicted octanol–water partition coefficient (Wildman–Crippen LogP) is 9.95. The molecule has 73 heavy (non-hydrogen) atoms. The lowest BCUT2D eigenvalue weighted by Gasteiger charge is -2.29. The highest BCUT2D eigenvalue weighted by Crippen LogP contribution is 2.47. The minimum atomic E-state index is -0.953. The minimum absolute atomic E-state index is 0.0263. The van der Waals surface area contributed by atoms with E-state index >= 15 is 0 Å². The van der Waals surface area contributed by atoms with Crippen LogP contribution in [0.1, 0.15) is 148 Å². The fraction of sp³-hybridized carbons (Fsp3) is 0.561. The lowest BCUT2D eigenvalue weighted by Crippen LogP contribution is -2.51. The Morgan fingerprint density at radius 3 is 1.47 bits per heavy atom. The number of aliphatic hydroxyl groups is 2. The average Bonchev–Trinajstić information content (AvgIpc) is 4.27. The molecule has 0 bridgehead atoms. The monoisotopic (exact) mass is 1010 g/mol. The summed E-state index contributed by atoms with van der Waals surface area (Å²) in [5, 5.41) is 54.7. The molecule has 0 aliphatic heterocycles. The summed E-state index contributed by atoms with van der Waals surface area (Å²) in [5.74, 6) is 0.415. The molecule has 0 unspecified atom stereocenters. The summed E-state index contributed by atoms with van der Waals surface area (Å²) in [4.78, 5) is 34.5. The Morgan fingerprint density at radius 1 is 0.658 bits per heavy atom. The number of rotatable bonds is 23. The van der Waals surface area contributed by atoms with E-state index in [4.69, 9.17) is 19.9 Å². The molecule has 2 aliphatic rings. The largest absolute Gasteiger partial charge is 0.487 e. The van der Waals surface area contributed by atoms with Crippen LogP contribution in [0.2, 0.25) is 0 Å². The van der Waals surface area contributed by atoms with Crippen molar-refractivity contribution < 1.29 is 39.1 Å². The molecule has 4 atom stereocenters. The molecule has 0 saturated heterocycles. The van der Waals surface area contributed by atoms with Gasteiger partial charge in [-0.3, -0.25) is 20.2 Å². The summed E-state index contributed by atoms with van der Waals surface area (Å²) < 4.78 is 16.6. The van der Waals surface area contributed by atoms with Crippen LogP contribution in [0.4, 0.5) is 16.2 Å². The topological polar surface area (TPSA) is 234 Å². The van der Waals surface area contributed by atoms with Gasteiger partial charge in [0.25, 0.3) is 0 Å². The van der Waals surface area contributed by atoms with E-state index in [9.17, 15) is 35.2 Å². The fourth-order valence-corrected chi connectivity index (χ4v) is 8.58. The van der Waals surface area contributed by atoms with Crippen molar-refractivity contribution in [2.45, 2.75) is 179 Å². The third-order valence-corrected chi connectivity index (χ3v) is 13.3. The van der Waals surface area contributed by atoms with Gasteiger partial charge in [-0.05, 0) is 128 Å². The molecular weight excluding hydrogens is 929 g/mol. The first-order valence-corrected chi connectivity index (χ1v) is 25.8. The molecule has 2 aliphatic carbocycles. The maximum Gasteiger partial charge on any atom is 0.407 e. The Hall–Kier alpha value is -5.65. The lowest BCUT2D eigenvalue weighted by molar-refractivity contribution is -0.386. The maximum atomic E-state index is 12.7. The van der Waals surface area contributed by atoms with Crippen molar-refractivity contribution in [1.82, 2.24) is 16.0 Å². The molecule has 400 valence electrons. The molecule has 2 saturated carbocycles. The number of benzene rings is 4. The number of amides is 1. The van der Waals surface area contributed by atoms with Crippen LogP contribution in [0, 0.1) is 20.2 Å². The van der Waals surface area contributed by atoms with Gasteiger partial charge in [-0.25, -0.2) is 4.79 Å². The van der Waals surface area contributed by atoms with Crippen molar-refractivity contribution >= 4 is 17.5 Å². The summed E-state index contributed by atoms with van der Waals surface area (Å²) in [6, 6.07) is 25.4. The van der Waals surface area contributed by atoms with Crippen LogP contribution in [0.15, 0.2) is 84.9 Å². The first-order valence-electron chi connectivity index (χ1n) is 25.8. The quantitative estimate of drug-likeness (QED) is 0.0300. The number of nitro groups is 2. The van der Waals surface area contributed by atoms with Crippen molar-refractivity contribution in [3.8, 4) is 11.5 Å². The van der Waals surface area contributed by atoms with Gasteiger partial charge in [0.05, 0.1) is 41.3 Å². The number of hydrogen-bond acceptors (Lipinski definition) is 13. The van der Waals surface area contributed by atoms with Gasteiger partial charge >= 0.3 is 17.5 Å². The minimum Gasteiger partial charge on any atom is -0.487 e. The molecule has 2 fully saturated rings. The van der Waals surface area contributed by atoms with E-state index in [1.807, 2.05) is 13.8 Å². The number of ether oxygens (including phenoxy) is 3. The van der Waals surface area contributed by atoms with Gasteiger partial charge in [0.15, 0.2) is 11.5 Å². The number of carbonyl (C=O) groups is 1. The molecule has 4 aromatic rings. The summed E-state index contributed by atoms with van der Waals surface area (Å²) in [7, 11) is 0. The fourth-order valence-electron chi connectivity index (χ4n) is 8.58. The number of nitro benzene ring substituents is 2. The summed E-state index contributed by atoms with van der Waals surface area (Å²) in [6.45, 7) is 23.7. The van der Waals surface area contributed by atoms with E-state index in [0.29, 0.717) is 38.2 Å². The maximum absolute atomic E-state index is 12.7. The Bertz CT molecular complexity index is 2490. The highest BCUT2D eigenvalue weighted by Gasteiger charge is 2.46. The molecule has 7 N–H and O–H groups in total. The zero-order valence-corrected chi connectivity index (χ0v) is 45.0. The predicted molar refractivity (Wildman–Crippen MR) is 286 cm³/mol. The molecule has 1 amide bonds. The number of nitrogens with zero attached hydrogens (tertiary/aromatic N) is 2. The van der Waals surface area contributed by atoms with Crippen molar-refractivity contribution in [2.75, 3.05) is 26.3 Å². The van der Waals surface area contributed by atoms with Crippen LogP contribution < -0.4 is 31.2 Å². The SMILES string of the molecule is CCCOc1cc(C[C@H](N)[C@H](O)CNC2(c3cccc(C(C)(C)C)c3)CC2)ccc1[N+](=O)[O-].CCCOc1cc(C[C@H](NC(=O)OC(C)(C)C)[C@H](O)CNC2(c3cccc(C(C)(C)C)c3)CC2)ccc1[N+](=O)[O-]. The number of nitrogens with one attached hydrogen (secondary N) is 3. The number of aliphatic hydroxyl groups excluding tert-OH is 2. The van der Waals surface area contributed by atoms with Crippen LogP contribution in [-0.4, -0.2) is 82.3 Å². The molecule has 6 rings (SSSR count). The van der Waals surface area contributed by atoms with E-state index in [1.54, 1.807) is 45.0 Å². The highest BCUT2D eigenvalue weighted by atomic mass is 16.6. The number of alkyl carbamates (subject to hydrolysis) is 1. The summed E-state index contributed by atoms with van der Waals surface area (Å²) in [6.07, 6.45) is 3.72. The van der Waals surface area contributed by atoms with Crippen LogP contribution >= 0.6 is 0 Å². The van der Waals surface area contributed by atoms with Crippen molar-refractivity contribution in [2.24, 2.45) is 5.73 Å². The molecule has 16 heteroatoms. The van der Waals surface area contributed by atoms with E-state index < -0.39 is 45.8 Å². The molecule has 0 heterocycles. The second kappa shape index (κ2) is 24.6. The molecule has 0 spiro atoms. The van der Waals surface area contributed by atoms with Gasteiger partial charge in [-0.2, -0.15) is 0 Å². The Balaban J connectivity index is 0.000000276. The summed E-state index contributed by atoms with van der Waals surface area (Å²) >= 11 is 0. The molecular formula is C57H82N6O10. The highest BCUT2D eigenvalue weighted by molar-refractivity contribution is 5.68. The lowest BCUT2D eigenvalue weighted by atomic mass is 9.85. The van der Waals surface area contributed by atoms with Crippen LogP contribution in [0.3, 0.4) is 0 Å². The van der Waals surface area contributed by atoms with Gasteiger partial charge in [0.1, 0.15) is 5.60 Å². The van der Waals surface area contributed by atoms with E-state index in [0.717, 1.165) is 37.7 Å². The Labute approximate surface area is 432 Å². The van der Waals surface area contributed by atoms with Crippen LogP contribution in [-0.2, 0) is 39.5 Å². The van der Waals surface area contributed by atoms with E-state index in [1.165, 1.54) is 34.4 Å². The van der Waals surface area contributed by atoms with Crippen LogP contribution in [0.25, 0.3) is 0 Å². The molecule has 0 radical (unpaired) electrons. The smallest absolute Gasteiger partial charge is 0.407 e. The number of carbonyl (C=O) groups excluding carboxylic acids is 1. The van der Waals surface area contributed by atoms with Gasteiger partial charge in [-0.1, -0.05) is 116 Å². The van der Waals surface area contributed by atoms with E-state index in [2.05, 4.69) is 106 Å². The molecule has 16 nitrogen and oxygen atoms in total. The van der Waals surface area contributed by atoms with Gasteiger partial charge < -0.3 is 46.1 Å². The van der Waals surface area contributed by atoms with Crippen LogP contribution in [0.5, 0.6) is 11.5 Å². The van der Waals surface area contributed by atoms with Crippen molar-refractivity contribution in [3.05, 3.63) is 139 Å². The second-order valence-corrected chi connectivity index (χ2v) is 22.9.